The Kier molecular flexibility index (Phi) is 3.78. The summed E-state index contributed by atoms with van der Waals surface area (Å²) in [5, 5.41) is 0. The van der Waals surface area contributed by atoms with E-state index >= 15 is 0 Å². The largest absolute Gasteiger partial charge is 0.258 e. The lowest BCUT2D eigenvalue weighted by molar-refractivity contribution is 1.36. The van der Waals surface area contributed by atoms with Crippen LogP contribution in [0.5, 0.6) is 0 Å². The molecule has 1 aromatic rings. The first kappa shape index (κ1) is 11.6. The molecule has 2 heteroatoms. The lowest BCUT2D eigenvalue weighted by Gasteiger charge is -2.02. The normalized spacial score (nSPS) is 9.67. The van der Waals surface area contributed by atoms with Gasteiger partial charge in [0.15, 0.2) is 0 Å². The van der Waals surface area contributed by atoms with E-state index in [0.717, 1.165) is 22.8 Å². The molecule has 0 aliphatic rings. The number of hydrogen-bond acceptors (Lipinski definition) is 2. The SMILES string of the molecule is CC(C)=Nc1ccc(C)c(N=C(C)C)c1. The number of rotatable bonds is 2. The van der Waals surface area contributed by atoms with Crippen molar-refractivity contribution in [3.05, 3.63) is 23.8 Å². The van der Waals surface area contributed by atoms with E-state index in [0.29, 0.717) is 0 Å². The summed E-state index contributed by atoms with van der Waals surface area (Å²) in [6.07, 6.45) is 0. The van der Waals surface area contributed by atoms with Crippen molar-refractivity contribution in [2.75, 3.05) is 0 Å². The highest BCUT2D eigenvalue weighted by Gasteiger charge is 1.98. The van der Waals surface area contributed by atoms with E-state index < -0.39 is 0 Å². The van der Waals surface area contributed by atoms with Crippen molar-refractivity contribution < 1.29 is 0 Å². The third kappa shape index (κ3) is 3.66. The molecule has 0 aliphatic heterocycles. The molecule has 15 heavy (non-hydrogen) atoms. The van der Waals surface area contributed by atoms with Crippen molar-refractivity contribution in [3.63, 3.8) is 0 Å². The van der Waals surface area contributed by atoms with Crippen LogP contribution in [0.2, 0.25) is 0 Å². The van der Waals surface area contributed by atoms with Gasteiger partial charge in [-0.1, -0.05) is 6.07 Å². The second-order valence-electron chi connectivity index (χ2n) is 4.09. The van der Waals surface area contributed by atoms with Gasteiger partial charge >= 0.3 is 0 Å². The van der Waals surface area contributed by atoms with Gasteiger partial charge in [0.25, 0.3) is 0 Å². The van der Waals surface area contributed by atoms with Crippen LogP contribution in [0.3, 0.4) is 0 Å². The average Bonchev–Trinajstić information content (AvgIpc) is 2.09. The third-order valence-corrected chi connectivity index (χ3v) is 1.89. The summed E-state index contributed by atoms with van der Waals surface area (Å²) in [7, 11) is 0. The first-order valence-electron chi connectivity index (χ1n) is 5.13. The predicted molar refractivity (Wildman–Crippen MR) is 68.1 cm³/mol. The maximum atomic E-state index is 4.47. The van der Waals surface area contributed by atoms with Crippen molar-refractivity contribution in [1.29, 1.82) is 0 Å². The Labute approximate surface area is 91.8 Å². The van der Waals surface area contributed by atoms with Crippen LogP contribution in [0.25, 0.3) is 0 Å². The van der Waals surface area contributed by atoms with Crippen LogP contribution in [-0.2, 0) is 0 Å². The zero-order chi connectivity index (χ0) is 11.4. The Bertz CT molecular complexity index is 407. The molecule has 0 saturated heterocycles. The van der Waals surface area contributed by atoms with E-state index in [9.17, 15) is 0 Å². The Hall–Kier alpha value is -1.44. The summed E-state index contributed by atoms with van der Waals surface area (Å²) in [4.78, 5) is 8.89. The minimum absolute atomic E-state index is 0.973. The molecule has 0 heterocycles. The smallest absolute Gasteiger partial charge is 0.0679 e. The molecule has 0 radical (unpaired) electrons. The minimum atomic E-state index is 0.973. The van der Waals surface area contributed by atoms with Crippen molar-refractivity contribution >= 4 is 22.8 Å². The van der Waals surface area contributed by atoms with Crippen molar-refractivity contribution in [1.82, 2.24) is 0 Å². The summed E-state index contributed by atoms with van der Waals surface area (Å²) >= 11 is 0. The molecule has 0 atom stereocenters. The molecule has 0 bridgehead atoms. The molecule has 0 spiro atoms. The van der Waals surface area contributed by atoms with E-state index in [1.165, 1.54) is 5.56 Å². The molecule has 0 saturated carbocycles. The van der Waals surface area contributed by atoms with Gasteiger partial charge in [0, 0.05) is 11.4 Å². The van der Waals surface area contributed by atoms with Gasteiger partial charge < -0.3 is 0 Å². The first-order valence-corrected chi connectivity index (χ1v) is 5.13. The van der Waals surface area contributed by atoms with Crippen LogP contribution in [-0.4, -0.2) is 11.4 Å². The molecule has 1 aromatic carbocycles. The minimum Gasteiger partial charge on any atom is -0.258 e. The highest BCUT2D eigenvalue weighted by molar-refractivity contribution is 5.84. The maximum absolute atomic E-state index is 4.47. The molecular formula is C13H18N2. The summed E-state index contributed by atoms with van der Waals surface area (Å²) < 4.78 is 0. The highest BCUT2D eigenvalue weighted by Crippen LogP contribution is 2.25. The monoisotopic (exact) mass is 202 g/mol. The molecular weight excluding hydrogens is 184 g/mol. The maximum Gasteiger partial charge on any atom is 0.0679 e. The molecule has 0 fully saturated rings. The van der Waals surface area contributed by atoms with E-state index in [1.54, 1.807) is 0 Å². The van der Waals surface area contributed by atoms with Gasteiger partial charge in [-0.3, -0.25) is 9.98 Å². The average molecular weight is 202 g/mol. The van der Waals surface area contributed by atoms with E-state index in [2.05, 4.69) is 23.0 Å². The van der Waals surface area contributed by atoms with Crippen LogP contribution < -0.4 is 0 Å². The third-order valence-electron chi connectivity index (χ3n) is 1.89. The first-order chi connectivity index (χ1) is 6.99. The lowest BCUT2D eigenvalue weighted by atomic mass is 10.2. The Balaban J connectivity index is 3.17. The van der Waals surface area contributed by atoms with Crippen molar-refractivity contribution in [2.24, 2.45) is 9.98 Å². The van der Waals surface area contributed by atoms with Gasteiger partial charge in [-0.2, -0.15) is 0 Å². The van der Waals surface area contributed by atoms with E-state index in [4.69, 9.17) is 0 Å². The predicted octanol–water partition coefficient (Wildman–Crippen LogP) is 4.22. The number of aryl methyl sites for hydroxylation is 1. The van der Waals surface area contributed by atoms with Crippen LogP contribution >= 0.6 is 0 Å². The summed E-state index contributed by atoms with van der Waals surface area (Å²) in [5.74, 6) is 0. The fourth-order valence-electron chi connectivity index (χ4n) is 1.29. The van der Waals surface area contributed by atoms with Gasteiger partial charge in [0.05, 0.1) is 11.4 Å². The van der Waals surface area contributed by atoms with Gasteiger partial charge in [0.2, 0.25) is 0 Å². The summed E-state index contributed by atoms with van der Waals surface area (Å²) in [6.45, 7) is 10.1. The van der Waals surface area contributed by atoms with Crippen LogP contribution in [0, 0.1) is 6.92 Å². The molecule has 2 nitrogen and oxygen atoms in total. The molecule has 0 unspecified atom stereocenters. The fraction of sp³-hybridized carbons (Fsp3) is 0.385. The van der Waals surface area contributed by atoms with Crippen LogP contribution in [0.1, 0.15) is 33.3 Å². The topological polar surface area (TPSA) is 24.7 Å². The second kappa shape index (κ2) is 4.87. The number of aliphatic imine (C=N–C) groups is 2. The van der Waals surface area contributed by atoms with E-state index in [-0.39, 0.29) is 0 Å². The fourth-order valence-corrected chi connectivity index (χ4v) is 1.29. The standard InChI is InChI=1S/C13H18N2/c1-9(2)14-12-7-6-11(5)13(8-12)15-10(3)4/h6-8H,1-5H3. The highest BCUT2D eigenvalue weighted by atomic mass is 14.8. The van der Waals surface area contributed by atoms with Crippen molar-refractivity contribution in [2.45, 2.75) is 34.6 Å². The molecule has 0 aromatic heterocycles. The Morgan fingerprint density at radius 3 is 2.07 bits per heavy atom. The Morgan fingerprint density at radius 1 is 0.933 bits per heavy atom. The van der Waals surface area contributed by atoms with Gasteiger partial charge in [0.1, 0.15) is 0 Å². The Morgan fingerprint density at radius 2 is 1.53 bits per heavy atom. The molecule has 0 aliphatic carbocycles. The lowest BCUT2D eigenvalue weighted by Crippen LogP contribution is -1.82. The van der Waals surface area contributed by atoms with Crippen molar-refractivity contribution in [3.8, 4) is 0 Å². The zero-order valence-electron chi connectivity index (χ0n) is 10.1. The summed E-state index contributed by atoms with van der Waals surface area (Å²) in [5.41, 5.74) is 5.29. The molecule has 1 rings (SSSR count). The van der Waals surface area contributed by atoms with Gasteiger partial charge in [-0.15, -0.1) is 0 Å². The number of hydrogen-bond donors (Lipinski definition) is 0. The molecule has 0 N–H and O–H groups in total. The quantitative estimate of drug-likeness (QED) is 0.641. The zero-order valence-corrected chi connectivity index (χ0v) is 10.1. The summed E-state index contributed by atoms with van der Waals surface area (Å²) in [6, 6.07) is 6.10. The molecule has 0 amide bonds. The van der Waals surface area contributed by atoms with E-state index in [1.807, 2.05) is 39.8 Å². The van der Waals surface area contributed by atoms with Crippen LogP contribution in [0.4, 0.5) is 11.4 Å². The number of nitrogens with zero attached hydrogens (tertiary/aromatic N) is 2. The molecule has 80 valence electrons. The van der Waals surface area contributed by atoms with Gasteiger partial charge in [-0.05, 0) is 52.3 Å². The van der Waals surface area contributed by atoms with Gasteiger partial charge in [-0.25, -0.2) is 0 Å². The van der Waals surface area contributed by atoms with Crippen LogP contribution in [0.15, 0.2) is 28.2 Å². The second-order valence-corrected chi connectivity index (χ2v) is 4.09. The number of benzene rings is 1.